The molecule has 0 radical (unpaired) electrons. The number of aliphatic hydroxyl groups is 1. The predicted molar refractivity (Wildman–Crippen MR) is 78.8 cm³/mol. The number of nitrogen functional groups attached to an aromatic ring is 1. The standard InChI is InChI=1S/C12H17N3O3S/c13-8-6-11-10(15-12(17)18-11)7-9(8)14-2-5-19-4-1-3-16/h6-7,14,16H,1-5,13H2,(H,15,17). The fourth-order valence-corrected chi connectivity index (χ4v) is 2.48. The zero-order valence-corrected chi connectivity index (χ0v) is 11.3. The van der Waals surface area contributed by atoms with Crippen molar-refractivity contribution in [2.75, 3.05) is 35.7 Å². The number of nitrogens with two attached hydrogens (primary N) is 1. The van der Waals surface area contributed by atoms with Gasteiger partial charge in [0.1, 0.15) is 0 Å². The average Bonchev–Trinajstić information content (AvgIpc) is 2.72. The molecule has 0 spiro atoms. The number of anilines is 2. The maximum absolute atomic E-state index is 11.1. The number of hydrogen-bond acceptors (Lipinski definition) is 6. The lowest BCUT2D eigenvalue weighted by Gasteiger charge is -2.08. The van der Waals surface area contributed by atoms with E-state index >= 15 is 0 Å². The summed E-state index contributed by atoms with van der Waals surface area (Å²) in [6.07, 6.45) is 0.815. The molecule has 104 valence electrons. The topological polar surface area (TPSA) is 104 Å². The Bertz CT molecular complexity index is 593. The average molecular weight is 283 g/mol. The van der Waals surface area contributed by atoms with Gasteiger partial charge in [0, 0.05) is 25.0 Å². The third-order valence-electron chi connectivity index (χ3n) is 2.60. The normalized spacial score (nSPS) is 11.0. The Labute approximate surface area is 114 Å². The smallest absolute Gasteiger partial charge is 0.408 e. The van der Waals surface area contributed by atoms with Crippen LogP contribution in [-0.2, 0) is 0 Å². The molecule has 0 aliphatic rings. The van der Waals surface area contributed by atoms with Crippen LogP contribution in [0.3, 0.4) is 0 Å². The predicted octanol–water partition coefficient (Wildman–Crippen LogP) is 1.23. The molecule has 2 aromatic rings. The Hall–Kier alpha value is -1.60. The van der Waals surface area contributed by atoms with Gasteiger partial charge in [-0.1, -0.05) is 0 Å². The third kappa shape index (κ3) is 3.68. The van der Waals surface area contributed by atoms with E-state index < -0.39 is 5.76 Å². The molecule has 2 rings (SSSR count). The number of thioether (sulfide) groups is 1. The molecular weight excluding hydrogens is 266 g/mol. The lowest BCUT2D eigenvalue weighted by molar-refractivity contribution is 0.296. The van der Waals surface area contributed by atoms with E-state index in [1.54, 1.807) is 23.9 Å². The van der Waals surface area contributed by atoms with Crippen LogP contribution in [0, 0.1) is 0 Å². The Kier molecular flexibility index (Phi) is 4.75. The van der Waals surface area contributed by atoms with Crippen molar-refractivity contribution in [1.29, 1.82) is 0 Å². The number of oxazole rings is 1. The van der Waals surface area contributed by atoms with Gasteiger partial charge in [-0.05, 0) is 18.2 Å². The molecule has 6 nitrogen and oxygen atoms in total. The van der Waals surface area contributed by atoms with Gasteiger partial charge in [-0.2, -0.15) is 11.8 Å². The van der Waals surface area contributed by atoms with Crippen molar-refractivity contribution in [3.05, 3.63) is 22.7 Å². The minimum atomic E-state index is -0.480. The van der Waals surface area contributed by atoms with Crippen LogP contribution < -0.4 is 16.8 Å². The van der Waals surface area contributed by atoms with E-state index in [9.17, 15) is 4.79 Å². The summed E-state index contributed by atoms with van der Waals surface area (Å²) in [5.41, 5.74) is 8.31. The number of fused-ring (bicyclic) bond motifs is 1. The van der Waals surface area contributed by atoms with Crippen molar-refractivity contribution < 1.29 is 9.52 Å². The highest BCUT2D eigenvalue weighted by Crippen LogP contribution is 2.24. The monoisotopic (exact) mass is 283 g/mol. The third-order valence-corrected chi connectivity index (χ3v) is 3.67. The number of hydrogen-bond donors (Lipinski definition) is 4. The molecule has 0 unspecified atom stereocenters. The molecule has 7 heteroatoms. The van der Waals surface area contributed by atoms with Crippen molar-refractivity contribution in [2.45, 2.75) is 6.42 Å². The van der Waals surface area contributed by atoms with Crippen molar-refractivity contribution >= 4 is 34.2 Å². The highest BCUT2D eigenvalue weighted by molar-refractivity contribution is 7.99. The summed E-state index contributed by atoms with van der Waals surface area (Å²) in [6, 6.07) is 3.41. The zero-order valence-electron chi connectivity index (χ0n) is 10.4. The molecular formula is C12H17N3O3S. The van der Waals surface area contributed by atoms with Gasteiger partial charge < -0.3 is 20.6 Å². The second-order valence-electron chi connectivity index (χ2n) is 4.07. The highest BCUT2D eigenvalue weighted by Gasteiger charge is 2.06. The summed E-state index contributed by atoms with van der Waals surface area (Å²) in [6.45, 7) is 1.01. The van der Waals surface area contributed by atoms with Gasteiger partial charge in [0.05, 0.1) is 16.9 Å². The van der Waals surface area contributed by atoms with E-state index in [1.807, 2.05) is 0 Å². The zero-order chi connectivity index (χ0) is 13.7. The van der Waals surface area contributed by atoms with Crippen LogP contribution in [-0.4, -0.2) is 34.7 Å². The van der Waals surface area contributed by atoms with E-state index in [4.69, 9.17) is 15.3 Å². The van der Waals surface area contributed by atoms with E-state index in [-0.39, 0.29) is 6.61 Å². The summed E-state index contributed by atoms with van der Waals surface area (Å²) in [4.78, 5) is 13.7. The minimum absolute atomic E-state index is 0.234. The molecule has 0 saturated carbocycles. The maximum atomic E-state index is 11.1. The van der Waals surface area contributed by atoms with Gasteiger partial charge in [-0.3, -0.25) is 4.98 Å². The Morgan fingerprint density at radius 2 is 2.26 bits per heavy atom. The summed E-state index contributed by atoms with van der Waals surface area (Å²) in [5, 5.41) is 11.9. The number of aromatic amines is 1. The lowest BCUT2D eigenvalue weighted by atomic mass is 10.2. The summed E-state index contributed by atoms with van der Waals surface area (Å²) < 4.78 is 4.93. The van der Waals surface area contributed by atoms with Crippen LogP contribution in [0.2, 0.25) is 0 Å². The molecule has 1 heterocycles. The number of rotatable bonds is 7. The second kappa shape index (κ2) is 6.53. The molecule has 0 aliphatic carbocycles. The van der Waals surface area contributed by atoms with E-state index in [0.29, 0.717) is 16.8 Å². The van der Waals surface area contributed by atoms with E-state index in [1.165, 1.54) is 0 Å². The van der Waals surface area contributed by atoms with Crippen LogP contribution in [0.25, 0.3) is 11.1 Å². The Morgan fingerprint density at radius 1 is 1.42 bits per heavy atom. The molecule has 19 heavy (non-hydrogen) atoms. The van der Waals surface area contributed by atoms with Crippen LogP contribution in [0.5, 0.6) is 0 Å². The van der Waals surface area contributed by atoms with Gasteiger partial charge >= 0.3 is 5.76 Å². The van der Waals surface area contributed by atoms with Crippen LogP contribution in [0.4, 0.5) is 11.4 Å². The molecule has 0 fully saturated rings. The van der Waals surface area contributed by atoms with Gasteiger partial charge in [0.15, 0.2) is 5.58 Å². The van der Waals surface area contributed by atoms with Gasteiger partial charge in [0.25, 0.3) is 0 Å². The maximum Gasteiger partial charge on any atom is 0.417 e. The summed E-state index contributed by atoms with van der Waals surface area (Å²) in [5.74, 6) is 1.40. The number of aliphatic hydroxyl groups excluding tert-OH is 1. The van der Waals surface area contributed by atoms with E-state index in [2.05, 4.69) is 10.3 Å². The van der Waals surface area contributed by atoms with Crippen LogP contribution >= 0.6 is 11.8 Å². The molecule has 1 aromatic carbocycles. The fraction of sp³-hybridized carbons (Fsp3) is 0.417. The number of nitrogens with one attached hydrogen (secondary N) is 2. The first-order valence-electron chi connectivity index (χ1n) is 6.05. The molecule has 1 aromatic heterocycles. The molecule has 5 N–H and O–H groups in total. The molecule has 0 aliphatic heterocycles. The number of aromatic nitrogens is 1. The quantitative estimate of drug-likeness (QED) is 0.450. The van der Waals surface area contributed by atoms with Gasteiger partial charge in [0.2, 0.25) is 0 Å². The Balaban J connectivity index is 1.92. The first-order chi connectivity index (χ1) is 9.20. The number of H-pyrrole nitrogens is 1. The molecule has 0 saturated heterocycles. The van der Waals surface area contributed by atoms with Gasteiger partial charge in [-0.15, -0.1) is 0 Å². The fourth-order valence-electron chi connectivity index (χ4n) is 1.69. The first-order valence-corrected chi connectivity index (χ1v) is 7.21. The Morgan fingerprint density at radius 3 is 3.05 bits per heavy atom. The lowest BCUT2D eigenvalue weighted by Crippen LogP contribution is -2.06. The van der Waals surface area contributed by atoms with E-state index in [0.717, 1.165) is 30.2 Å². The largest absolute Gasteiger partial charge is 0.417 e. The molecule has 0 atom stereocenters. The molecule has 0 amide bonds. The molecule has 0 bridgehead atoms. The second-order valence-corrected chi connectivity index (χ2v) is 5.29. The first kappa shape index (κ1) is 13.8. The van der Waals surface area contributed by atoms with Crippen LogP contribution in [0.1, 0.15) is 6.42 Å². The van der Waals surface area contributed by atoms with Crippen LogP contribution in [0.15, 0.2) is 21.3 Å². The van der Waals surface area contributed by atoms with Crippen molar-refractivity contribution in [3.63, 3.8) is 0 Å². The minimum Gasteiger partial charge on any atom is -0.408 e. The summed E-state index contributed by atoms with van der Waals surface area (Å²) in [7, 11) is 0. The van der Waals surface area contributed by atoms with Crippen molar-refractivity contribution in [2.24, 2.45) is 0 Å². The van der Waals surface area contributed by atoms with Gasteiger partial charge in [-0.25, -0.2) is 4.79 Å². The highest BCUT2D eigenvalue weighted by atomic mass is 32.2. The summed E-state index contributed by atoms with van der Waals surface area (Å²) >= 11 is 1.77. The number of benzene rings is 1. The van der Waals surface area contributed by atoms with Crippen molar-refractivity contribution in [1.82, 2.24) is 4.98 Å². The van der Waals surface area contributed by atoms with Crippen molar-refractivity contribution in [3.8, 4) is 0 Å². The SMILES string of the molecule is Nc1cc2oc(=O)[nH]c2cc1NCCSCCCO.